The summed E-state index contributed by atoms with van der Waals surface area (Å²) in [7, 11) is 1.36. The van der Waals surface area contributed by atoms with Crippen molar-refractivity contribution in [3.05, 3.63) is 23.2 Å². The Bertz CT molecular complexity index is 253. The third-order valence-corrected chi connectivity index (χ3v) is 1.55. The summed E-state index contributed by atoms with van der Waals surface area (Å²) in [5.41, 5.74) is 1.35. The molecular weight excluding hydrogens is 144 g/mol. The molecule has 0 amide bonds. The summed E-state index contributed by atoms with van der Waals surface area (Å²) in [6, 6.07) is 0. The summed E-state index contributed by atoms with van der Waals surface area (Å²) in [5.74, 6) is 0.267. The summed E-state index contributed by atoms with van der Waals surface area (Å²) < 4.78 is 9.57. The topological polar surface area (TPSA) is 39.4 Å². The Kier molecular flexibility index (Phi) is 1.98. The fraction of sp³-hybridized carbons (Fsp3) is 0.375. The molecule has 0 aliphatic rings. The van der Waals surface area contributed by atoms with Crippen LogP contribution >= 0.6 is 0 Å². The van der Waals surface area contributed by atoms with E-state index in [4.69, 9.17) is 4.42 Å². The summed E-state index contributed by atoms with van der Waals surface area (Å²) in [5, 5.41) is 0. The lowest BCUT2D eigenvalue weighted by molar-refractivity contribution is 0.0598. The average molecular weight is 154 g/mol. The van der Waals surface area contributed by atoms with Crippen LogP contribution in [-0.2, 0) is 4.74 Å². The number of aryl methyl sites for hydroxylation is 2. The number of ether oxygens (including phenoxy) is 1. The van der Waals surface area contributed by atoms with Crippen molar-refractivity contribution < 1.29 is 13.9 Å². The number of furan rings is 1. The minimum atomic E-state index is -0.339. The van der Waals surface area contributed by atoms with Gasteiger partial charge in [-0.2, -0.15) is 0 Å². The molecule has 0 bridgehead atoms. The molecule has 1 aromatic rings. The van der Waals surface area contributed by atoms with Crippen molar-refractivity contribution in [2.45, 2.75) is 13.8 Å². The molecule has 0 aromatic carbocycles. The lowest BCUT2D eigenvalue weighted by atomic mass is 10.2. The standard InChI is InChI=1S/C8H10O3/c1-5-4-11-6(2)7(5)8(9)10-3/h4H,1-3H3. The van der Waals surface area contributed by atoms with Gasteiger partial charge < -0.3 is 9.15 Å². The van der Waals surface area contributed by atoms with Crippen LogP contribution in [0.2, 0.25) is 0 Å². The largest absolute Gasteiger partial charge is 0.468 e. The van der Waals surface area contributed by atoms with Crippen LogP contribution < -0.4 is 0 Å². The minimum Gasteiger partial charge on any atom is -0.468 e. The first-order chi connectivity index (χ1) is 5.16. The molecule has 3 heteroatoms. The smallest absolute Gasteiger partial charge is 0.341 e. The number of hydrogen-bond donors (Lipinski definition) is 0. The molecule has 0 saturated heterocycles. The number of esters is 1. The average Bonchev–Trinajstić information content (AvgIpc) is 2.30. The van der Waals surface area contributed by atoms with Crippen molar-refractivity contribution >= 4 is 5.97 Å². The van der Waals surface area contributed by atoms with Gasteiger partial charge in [-0.25, -0.2) is 4.79 Å². The fourth-order valence-electron chi connectivity index (χ4n) is 0.979. The Balaban J connectivity index is 3.10. The van der Waals surface area contributed by atoms with Crippen molar-refractivity contribution in [2.75, 3.05) is 7.11 Å². The Morgan fingerprint density at radius 3 is 2.55 bits per heavy atom. The molecule has 0 unspecified atom stereocenters. The molecule has 0 N–H and O–H groups in total. The fourth-order valence-corrected chi connectivity index (χ4v) is 0.979. The van der Waals surface area contributed by atoms with E-state index >= 15 is 0 Å². The maximum Gasteiger partial charge on any atom is 0.341 e. The molecule has 0 saturated carbocycles. The second kappa shape index (κ2) is 2.78. The maximum atomic E-state index is 11.0. The summed E-state index contributed by atoms with van der Waals surface area (Å²) in [6.07, 6.45) is 1.54. The highest BCUT2D eigenvalue weighted by Crippen LogP contribution is 2.15. The molecule has 0 fully saturated rings. The van der Waals surface area contributed by atoms with Crippen LogP contribution in [0.5, 0.6) is 0 Å². The van der Waals surface area contributed by atoms with E-state index in [2.05, 4.69) is 4.74 Å². The first-order valence-corrected chi connectivity index (χ1v) is 3.29. The van der Waals surface area contributed by atoms with Crippen molar-refractivity contribution in [1.29, 1.82) is 0 Å². The second-order valence-corrected chi connectivity index (χ2v) is 2.34. The molecule has 0 aliphatic heterocycles. The zero-order valence-electron chi connectivity index (χ0n) is 6.80. The van der Waals surface area contributed by atoms with Gasteiger partial charge in [-0.3, -0.25) is 0 Å². The van der Waals surface area contributed by atoms with E-state index in [-0.39, 0.29) is 5.97 Å². The first kappa shape index (κ1) is 7.85. The normalized spacial score (nSPS) is 9.73. The van der Waals surface area contributed by atoms with Crippen LogP contribution in [0.1, 0.15) is 21.7 Å². The summed E-state index contributed by atoms with van der Waals surface area (Å²) in [4.78, 5) is 11.0. The number of methoxy groups -OCH3 is 1. The van der Waals surface area contributed by atoms with E-state index in [1.54, 1.807) is 13.2 Å². The van der Waals surface area contributed by atoms with E-state index in [9.17, 15) is 4.79 Å². The third kappa shape index (κ3) is 1.27. The number of hydrogen-bond acceptors (Lipinski definition) is 3. The Hall–Kier alpha value is -1.25. The van der Waals surface area contributed by atoms with Gasteiger partial charge in [0, 0.05) is 5.56 Å². The van der Waals surface area contributed by atoms with Gasteiger partial charge >= 0.3 is 5.97 Å². The van der Waals surface area contributed by atoms with Crippen LogP contribution in [-0.4, -0.2) is 13.1 Å². The molecule has 3 nitrogen and oxygen atoms in total. The van der Waals surface area contributed by atoms with E-state index < -0.39 is 0 Å². The van der Waals surface area contributed by atoms with Gasteiger partial charge in [-0.15, -0.1) is 0 Å². The van der Waals surface area contributed by atoms with E-state index in [0.29, 0.717) is 11.3 Å². The highest BCUT2D eigenvalue weighted by molar-refractivity contribution is 5.91. The molecule has 1 heterocycles. The van der Waals surface area contributed by atoms with Gasteiger partial charge in [-0.1, -0.05) is 0 Å². The maximum absolute atomic E-state index is 11.0. The van der Waals surface area contributed by atoms with E-state index in [1.807, 2.05) is 6.92 Å². The lowest BCUT2D eigenvalue weighted by Gasteiger charge is -1.96. The zero-order chi connectivity index (χ0) is 8.43. The minimum absolute atomic E-state index is 0.339. The van der Waals surface area contributed by atoms with E-state index in [0.717, 1.165) is 5.56 Å². The molecule has 1 rings (SSSR count). The number of carbonyl (C=O) groups is 1. The SMILES string of the molecule is COC(=O)c1c(C)coc1C. The Labute approximate surface area is 65.0 Å². The molecule has 0 aliphatic carbocycles. The van der Waals surface area contributed by atoms with Crippen LogP contribution in [0, 0.1) is 13.8 Å². The van der Waals surface area contributed by atoms with Crippen LogP contribution in [0.25, 0.3) is 0 Å². The third-order valence-electron chi connectivity index (χ3n) is 1.55. The predicted molar refractivity (Wildman–Crippen MR) is 39.5 cm³/mol. The highest BCUT2D eigenvalue weighted by Gasteiger charge is 2.15. The van der Waals surface area contributed by atoms with Gasteiger partial charge in [0.25, 0.3) is 0 Å². The van der Waals surface area contributed by atoms with Crippen molar-refractivity contribution in [2.24, 2.45) is 0 Å². The molecule has 0 atom stereocenters. The Morgan fingerprint density at radius 1 is 1.55 bits per heavy atom. The second-order valence-electron chi connectivity index (χ2n) is 2.34. The quantitative estimate of drug-likeness (QED) is 0.578. The highest BCUT2D eigenvalue weighted by atomic mass is 16.5. The molecule has 1 aromatic heterocycles. The molecule has 11 heavy (non-hydrogen) atoms. The van der Waals surface area contributed by atoms with Crippen molar-refractivity contribution in [3.63, 3.8) is 0 Å². The van der Waals surface area contributed by atoms with Crippen LogP contribution in [0.4, 0.5) is 0 Å². The molecular formula is C8H10O3. The zero-order valence-corrected chi connectivity index (χ0v) is 6.80. The Morgan fingerprint density at radius 2 is 2.18 bits per heavy atom. The summed E-state index contributed by atoms with van der Waals surface area (Å²) >= 11 is 0. The number of rotatable bonds is 1. The van der Waals surface area contributed by atoms with Crippen LogP contribution in [0.15, 0.2) is 10.7 Å². The van der Waals surface area contributed by atoms with Gasteiger partial charge in [-0.05, 0) is 13.8 Å². The lowest BCUT2D eigenvalue weighted by Crippen LogP contribution is -2.02. The van der Waals surface area contributed by atoms with Gasteiger partial charge in [0.1, 0.15) is 11.3 Å². The van der Waals surface area contributed by atoms with Gasteiger partial charge in [0.15, 0.2) is 0 Å². The van der Waals surface area contributed by atoms with Gasteiger partial charge in [0.05, 0.1) is 13.4 Å². The van der Waals surface area contributed by atoms with Crippen LogP contribution in [0.3, 0.4) is 0 Å². The molecule has 0 radical (unpaired) electrons. The van der Waals surface area contributed by atoms with Crippen molar-refractivity contribution in [1.82, 2.24) is 0 Å². The molecule has 60 valence electrons. The number of carbonyl (C=O) groups excluding carboxylic acids is 1. The monoisotopic (exact) mass is 154 g/mol. The van der Waals surface area contributed by atoms with Gasteiger partial charge in [0.2, 0.25) is 0 Å². The van der Waals surface area contributed by atoms with Crippen molar-refractivity contribution in [3.8, 4) is 0 Å². The first-order valence-electron chi connectivity index (χ1n) is 3.29. The van der Waals surface area contributed by atoms with E-state index in [1.165, 1.54) is 7.11 Å². The summed E-state index contributed by atoms with van der Waals surface area (Å²) in [6.45, 7) is 3.54. The predicted octanol–water partition coefficient (Wildman–Crippen LogP) is 1.68. The molecule has 0 spiro atoms.